The van der Waals surface area contributed by atoms with Gasteiger partial charge < -0.3 is 14.8 Å². The average Bonchev–Trinajstić information content (AvgIpc) is 3.25. The lowest BCUT2D eigenvalue weighted by atomic mass is 9.99. The quantitative estimate of drug-likeness (QED) is 0.748. The molecule has 2 aromatic heterocycles. The van der Waals surface area contributed by atoms with Crippen molar-refractivity contribution in [2.24, 2.45) is 5.92 Å². The van der Waals surface area contributed by atoms with Crippen molar-refractivity contribution in [1.82, 2.24) is 19.7 Å². The van der Waals surface area contributed by atoms with Crippen LogP contribution in [-0.4, -0.2) is 38.9 Å². The number of ether oxygens (including phenoxy) is 2. The molecule has 8 nitrogen and oxygen atoms in total. The molecule has 0 atom stereocenters. The van der Waals surface area contributed by atoms with Crippen LogP contribution in [0.4, 0.5) is 5.69 Å². The SMILES string of the molecule is O=C(Nc1ccc(Oc2cc(-n3cccn3)ncn2)cc1)C1CCOCC1. The maximum atomic E-state index is 12.3. The van der Waals surface area contributed by atoms with Crippen LogP contribution in [0.2, 0.25) is 0 Å². The number of anilines is 1. The minimum absolute atomic E-state index is 0.0106. The van der Waals surface area contributed by atoms with E-state index in [0.717, 1.165) is 18.5 Å². The number of amides is 1. The Labute approximate surface area is 156 Å². The first kappa shape index (κ1) is 17.2. The highest BCUT2D eigenvalue weighted by molar-refractivity contribution is 5.92. The van der Waals surface area contributed by atoms with Crippen LogP contribution in [0.15, 0.2) is 55.1 Å². The summed E-state index contributed by atoms with van der Waals surface area (Å²) in [6.07, 6.45) is 6.42. The van der Waals surface area contributed by atoms with Crippen LogP contribution >= 0.6 is 0 Å². The molecule has 8 heteroatoms. The van der Waals surface area contributed by atoms with Gasteiger partial charge in [0.25, 0.3) is 0 Å². The minimum atomic E-state index is 0.0106. The maximum Gasteiger partial charge on any atom is 0.227 e. The number of hydrogen-bond donors (Lipinski definition) is 1. The van der Waals surface area contributed by atoms with Gasteiger partial charge in [0.2, 0.25) is 11.8 Å². The number of nitrogens with one attached hydrogen (secondary N) is 1. The molecule has 1 saturated heterocycles. The van der Waals surface area contributed by atoms with Gasteiger partial charge in [0, 0.05) is 43.3 Å². The van der Waals surface area contributed by atoms with Crippen LogP contribution < -0.4 is 10.1 Å². The van der Waals surface area contributed by atoms with Crippen molar-refractivity contribution < 1.29 is 14.3 Å². The van der Waals surface area contributed by atoms with Crippen LogP contribution in [0.25, 0.3) is 5.82 Å². The first-order valence-corrected chi connectivity index (χ1v) is 8.76. The third kappa shape index (κ3) is 4.29. The second kappa shape index (κ2) is 7.96. The zero-order valence-corrected chi connectivity index (χ0v) is 14.6. The molecule has 1 aromatic carbocycles. The van der Waals surface area contributed by atoms with Crippen molar-refractivity contribution in [2.45, 2.75) is 12.8 Å². The lowest BCUT2D eigenvalue weighted by Gasteiger charge is -2.21. The summed E-state index contributed by atoms with van der Waals surface area (Å²) < 4.78 is 12.7. The van der Waals surface area contributed by atoms with Crippen molar-refractivity contribution in [3.05, 3.63) is 55.1 Å². The summed E-state index contributed by atoms with van der Waals surface area (Å²) in [6, 6.07) is 10.7. The van der Waals surface area contributed by atoms with Crippen LogP contribution in [0.5, 0.6) is 11.6 Å². The largest absolute Gasteiger partial charge is 0.439 e. The number of hydrogen-bond acceptors (Lipinski definition) is 6. The molecule has 3 aromatic rings. The predicted molar refractivity (Wildman–Crippen MR) is 97.8 cm³/mol. The number of aromatic nitrogens is 4. The smallest absolute Gasteiger partial charge is 0.227 e. The Bertz CT molecular complexity index is 890. The zero-order valence-electron chi connectivity index (χ0n) is 14.6. The molecule has 1 aliphatic heterocycles. The van der Waals surface area contributed by atoms with E-state index in [9.17, 15) is 4.79 Å². The summed E-state index contributed by atoms with van der Waals surface area (Å²) >= 11 is 0. The third-order valence-corrected chi connectivity index (χ3v) is 4.30. The lowest BCUT2D eigenvalue weighted by molar-refractivity contribution is -0.122. The van der Waals surface area contributed by atoms with Gasteiger partial charge in [-0.3, -0.25) is 4.79 Å². The molecule has 1 N–H and O–H groups in total. The topological polar surface area (TPSA) is 91.2 Å². The number of nitrogens with zero attached hydrogens (tertiary/aromatic N) is 4. The van der Waals surface area contributed by atoms with E-state index in [4.69, 9.17) is 9.47 Å². The Morgan fingerprint density at radius 1 is 1.19 bits per heavy atom. The molecule has 1 amide bonds. The Balaban J connectivity index is 1.39. The number of carbonyl (C=O) groups is 1. The average molecular weight is 365 g/mol. The molecule has 1 aliphatic rings. The van der Waals surface area contributed by atoms with Crippen LogP contribution in [0, 0.1) is 5.92 Å². The van der Waals surface area contributed by atoms with E-state index in [1.54, 1.807) is 35.3 Å². The van der Waals surface area contributed by atoms with E-state index in [1.807, 2.05) is 18.2 Å². The highest BCUT2D eigenvalue weighted by atomic mass is 16.5. The number of rotatable bonds is 5. The zero-order chi connectivity index (χ0) is 18.5. The fraction of sp³-hybridized carbons (Fsp3) is 0.263. The second-order valence-corrected chi connectivity index (χ2v) is 6.17. The molecule has 0 unspecified atom stereocenters. The van der Waals surface area contributed by atoms with Gasteiger partial charge in [0.05, 0.1) is 0 Å². The minimum Gasteiger partial charge on any atom is -0.439 e. The van der Waals surface area contributed by atoms with E-state index in [2.05, 4.69) is 20.4 Å². The van der Waals surface area contributed by atoms with E-state index in [-0.39, 0.29) is 11.8 Å². The molecule has 0 aliphatic carbocycles. The van der Waals surface area contributed by atoms with Crippen molar-refractivity contribution in [3.63, 3.8) is 0 Å². The fourth-order valence-corrected chi connectivity index (χ4v) is 2.85. The standard InChI is InChI=1S/C19H19N5O3/c25-19(14-6-10-26-11-7-14)23-15-2-4-16(5-3-15)27-18-12-17(20-13-21-18)24-9-1-8-22-24/h1-5,8-9,12-14H,6-7,10-11H2,(H,23,25). The lowest BCUT2D eigenvalue weighted by Crippen LogP contribution is -2.28. The Morgan fingerprint density at radius 3 is 2.74 bits per heavy atom. The molecule has 0 spiro atoms. The predicted octanol–water partition coefficient (Wildman–Crippen LogP) is 2.82. The molecule has 27 heavy (non-hydrogen) atoms. The van der Waals surface area contributed by atoms with Gasteiger partial charge in [0.1, 0.15) is 12.1 Å². The van der Waals surface area contributed by atoms with Gasteiger partial charge in [-0.2, -0.15) is 5.10 Å². The van der Waals surface area contributed by atoms with Gasteiger partial charge in [0.15, 0.2) is 5.82 Å². The first-order chi connectivity index (χ1) is 13.3. The molecule has 0 radical (unpaired) electrons. The van der Waals surface area contributed by atoms with Crippen molar-refractivity contribution in [2.75, 3.05) is 18.5 Å². The molecule has 138 valence electrons. The molecular weight excluding hydrogens is 346 g/mol. The van der Waals surface area contributed by atoms with E-state index < -0.39 is 0 Å². The second-order valence-electron chi connectivity index (χ2n) is 6.17. The van der Waals surface area contributed by atoms with Gasteiger partial charge in [-0.05, 0) is 43.2 Å². The van der Waals surface area contributed by atoms with Gasteiger partial charge in [-0.25, -0.2) is 14.6 Å². The maximum absolute atomic E-state index is 12.3. The molecule has 1 fully saturated rings. The van der Waals surface area contributed by atoms with Crippen LogP contribution in [0.1, 0.15) is 12.8 Å². The highest BCUT2D eigenvalue weighted by Gasteiger charge is 2.21. The highest BCUT2D eigenvalue weighted by Crippen LogP contribution is 2.23. The first-order valence-electron chi connectivity index (χ1n) is 8.76. The summed E-state index contributed by atoms with van der Waals surface area (Å²) in [5.41, 5.74) is 0.735. The summed E-state index contributed by atoms with van der Waals surface area (Å²) in [6.45, 7) is 1.29. The fourth-order valence-electron chi connectivity index (χ4n) is 2.85. The van der Waals surface area contributed by atoms with E-state index in [1.165, 1.54) is 6.33 Å². The molecule has 0 bridgehead atoms. The van der Waals surface area contributed by atoms with E-state index >= 15 is 0 Å². The number of carbonyl (C=O) groups excluding carboxylic acids is 1. The number of benzene rings is 1. The molecule has 4 rings (SSSR count). The summed E-state index contributed by atoms with van der Waals surface area (Å²) in [4.78, 5) is 20.6. The van der Waals surface area contributed by atoms with Crippen LogP contribution in [0.3, 0.4) is 0 Å². The van der Waals surface area contributed by atoms with Gasteiger partial charge >= 0.3 is 0 Å². The van der Waals surface area contributed by atoms with Crippen molar-refractivity contribution in [1.29, 1.82) is 0 Å². The summed E-state index contributed by atoms with van der Waals surface area (Å²) in [5, 5.41) is 7.08. The Kier molecular flexibility index (Phi) is 5.06. The normalized spacial score (nSPS) is 14.7. The third-order valence-electron chi connectivity index (χ3n) is 4.30. The molecule has 0 saturated carbocycles. The summed E-state index contributed by atoms with van der Waals surface area (Å²) in [5.74, 6) is 1.69. The van der Waals surface area contributed by atoms with Crippen molar-refractivity contribution in [3.8, 4) is 17.4 Å². The van der Waals surface area contributed by atoms with Gasteiger partial charge in [-0.1, -0.05) is 0 Å². The molecule has 3 heterocycles. The molecular formula is C19H19N5O3. The monoisotopic (exact) mass is 365 g/mol. The van der Waals surface area contributed by atoms with E-state index in [0.29, 0.717) is 30.7 Å². The van der Waals surface area contributed by atoms with Crippen molar-refractivity contribution >= 4 is 11.6 Å². The van der Waals surface area contributed by atoms with Crippen LogP contribution in [-0.2, 0) is 9.53 Å². The summed E-state index contributed by atoms with van der Waals surface area (Å²) in [7, 11) is 0. The Morgan fingerprint density at radius 2 is 2.00 bits per heavy atom. The van der Waals surface area contributed by atoms with Gasteiger partial charge in [-0.15, -0.1) is 0 Å². The Hall–Kier alpha value is -3.26.